The number of ether oxygens (including phenoxy) is 1. The van der Waals surface area contributed by atoms with Crippen molar-refractivity contribution < 1.29 is 18.3 Å². The zero-order valence-electron chi connectivity index (χ0n) is 8.14. The van der Waals surface area contributed by atoms with Crippen molar-refractivity contribution in [3.8, 4) is 0 Å². The molecule has 7 heteroatoms. The first-order valence-electron chi connectivity index (χ1n) is 4.48. The first kappa shape index (κ1) is 11.9. The van der Waals surface area contributed by atoms with E-state index in [1.54, 1.807) is 0 Å². The second kappa shape index (κ2) is 5.04. The highest BCUT2D eigenvalue weighted by atomic mass is 32.2. The SMILES string of the molecule is COCCNS(=O)(=O)N1CCC(O)C1. The van der Waals surface area contributed by atoms with Crippen LogP contribution in [-0.4, -0.2) is 57.3 Å². The Morgan fingerprint density at radius 1 is 1.64 bits per heavy atom. The van der Waals surface area contributed by atoms with E-state index in [0.717, 1.165) is 0 Å². The number of β-amino-alcohol motifs (C(OH)–C–C–N with tert-alkyl or cyclic N) is 1. The molecule has 0 aliphatic carbocycles. The molecule has 1 saturated heterocycles. The Kier molecular flexibility index (Phi) is 4.27. The number of nitrogens with zero attached hydrogens (tertiary/aromatic N) is 1. The molecule has 1 heterocycles. The molecule has 0 spiro atoms. The molecular weight excluding hydrogens is 208 g/mol. The number of hydrogen-bond donors (Lipinski definition) is 2. The van der Waals surface area contributed by atoms with Crippen molar-refractivity contribution in [3.63, 3.8) is 0 Å². The van der Waals surface area contributed by atoms with Crippen LogP contribution in [0, 0.1) is 0 Å². The lowest BCUT2D eigenvalue weighted by molar-refractivity contribution is 0.188. The molecule has 1 atom stereocenters. The van der Waals surface area contributed by atoms with E-state index in [1.165, 1.54) is 11.4 Å². The number of hydrogen-bond acceptors (Lipinski definition) is 4. The Bertz CT molecular complexity index is 267. The van der Waals surface area contributed by atoms with Gasteiger partial charge in [0, 0.05) is 26.7 Å². The molecule has 0 aromatic carbocycles. The lowest BCUT2D eigenvalue weighted by atomic mass is 10.3. The average molecular weight is 224 g/mol. The van der Waals surface area contributed by atoms with Crippen LogP contribution in [0.4, 0.5) is 0 Å². The van der Waals surface area contributed by atoms with Gasteiger partial charge in [-0.3, -0.25) is 0 Å². The summed E-state index contributed by atoms with van der Waals surface area (Å²) in [6.07, 6.45) is -0.0282. The van der Waals surface area contributed by atoms with Gasteiger partial charge in [0.2, 0.25) is 0 Å². The van der Waals surface area contributed by atoms with E-state index < -0.39 is 16.3 Å². The van der Waals surface area contributed by atoms with Gasteiger partial charge in [0.25, 0.3) is 10.2 Å². The zero-order chi connectivity index (χ0) is 10.6. The zero-order valence-corrected chi connectivity index (χ0v) is 8.96. The standard InChI is InChI=1S/C7H16N2O4S/c1-13-5-3-8-14(11,12)9-4-2-7(10)6-9/h7-8,10H,2-6H2,1H3. The van der Waals surface area contributed by atoms with E-state index in [9.17, 15) is 13.5 Å². The summed E-state index contributed by atoms with van der Waals surface area (Å²) in [6, 6.07) is 0. The summed E-state index contributed by atoms with van der Waals surface area (Å²) in [7, 11) is -1.91. The molecule has 1 unspecified atom stereocenters. The van der Waals surface area contributed by atoms with Crippen molar-refractivity contribution in [1.82, 2.24) is 9.03 Å². The number of aliphatic hydroxyl groups is 1. The minimum Gasteiger partial charge on any atom is -0.392 e. The highest BCUT2D eigenvalue weighted by Crippen LogP contribution is 2.11. The maximum Gasteiger partial charge on any atom is 0.279 e. The van der Waals surface area contributed by atoms with Crippen LogP contribution in [0.15, 0.2) is 0 Å². The van der Waals surface area contributed by atoms with Crippen LogP contribution in [0.25, 0.3) is 0 Å². The Hall–Kier alpha value is -0.210. The number of methoxy groups -OCH3 is 1. The van der Waals surface area contributed by atoms with Crippen LogP contribution >= 0.6 is 0 Å². The van der Waals surface area contributed by atoms with Gasteiger partial charge in [-0.25, -0.2) is 0 Å². The van der Waals surface area contributed by atoms with Crippen LogP contribution in [0.3, 0.4) is 0 Å². The Morgan fingerprint density at radius 3 is 2.86 bits per heavy atom. The Labute approximate surface area is 84.0 Å². The van der Waals surface area contributed by atoms with E-state index in [2.05, 4.69) is 4.72 Å². The lowest BCUT2D eigenvalue weighted by Crippen LogP contribution is -2.40. The van der Waals surface area contributed by atoms with Crippen LogP contribution in [0.5, 0.6) is 0 Å². The van der Waals surface area contributed by atoms with Crippen molar-refractivity contribution in [1.29, 1.82) is 0 Å². The van der Waals surface area contributed by atoms with E-state index in [4.69, 9.17) is 4.74 Å². The number of nitrogens with one attached hydrogen (secondary N) is 1. The van der Waals surface area contributed by atoms with Crippen LogP contribution in [0.1, 0.15) is 6.42 Å². The van der Waals surface area contributed by atoms with Crippen LogP contribution < -0.4 is 4.72 Å². The topological polar surface area (TPSA) is 78.9 Å². The maximum absolute atomic E-state index is 11.5. The molecule has 0 aromatic rings. The van der Waals surface area contributed by atoms with Crippen LogP contribution in [0.2, 0.25) is 0 Å². The summed E-state index contributed by atoms with van der Waals surface area (Å²) >= 11 is 0. The summed E-state index contributed by atoms with van der Waals surface area (Å²) in [4.78, 5) is 0. The third kappa shape index (κ3) is 3.18. The molecule has 6 nitrogen and oxygen atoms in total. The van der Waals surface area contributed by atoms with Gasteiger partial charge in [0.15, 0.2) is 0 Å². The molecule has 0 saturated carbocycles. The highest BCUT2D eigenvalue weighted by molar-refractivity contribution is 7.87. The Morgan fingerprint density at radius 2 is 2.36 bits per heavy atom. The third-order valence-corrected chi connectivity index (χ3v) is 3.64. The van der Waals surface area contributed by atoms with Gasteiger partial charge in [-0.2, -0.15) is 17.4 Å². The van der Waals surface area contributed by atoms with Crippen molar-refractivity contribution in [2.45, 2.75) is 12.5 Å². The molecule has 14 heavy (non-hydrogen) atoms. The predicted octanol–water partition coefficient (Wildman–Crippen LogP) is -1.47. The summed E-state index contributed by atoms with van der Waals surface area (Å²) in [5.41, 5.74) is 0. The average Bonchev–Trinajstić information content (AvgIpc) is 2.53. The largest absolute Gasteiger partial charge is 0.392 e. The van der Waals surface area contributed by atoms with Crippen molar-refractivity contribution in [2.75, 3.05) is 33.4 Å². The minimum absolute atomic E-state index is 0.183. The molecule has 1 aliphatic heterocycles. The normalized spacial score (nSPS) is 24.3. The van der Waals surface area contributed by atoms with Gasteiger partial charge in [0.05, 0.1) is 12.7 Å². The molecule has 1 fully saturated rings. The first-order chi connectivity index (χ1) is 6.56. The highest BCUT2D eigenvalue weighted by Gasteiger charge is 2.29. The lowest BCUT2D eigenvalue weighted by Gasteiger charge is -2.15. The van der Waals surface area contributed by atoms with Gasteiger partial charge < -0.3 is 9.84 Å². The molecule has 0 aromatic heterocycles. The van der Waals surface area contributed by atoms with Gasteiger partial charge in [-0.15, -0.1) is 0 Å². The molecular formula is C7H16N2O4S. The van der Waals surface area contributed by atoms with E-state index in [1.807, 2.05) is 0 Å². The molecule has 2 N–H and O–H groups in total. The molecule has 1 aliphatic rings. The summed E-state index contributed by atoms with van der Waals surface area (Å²) in [5.74, 6) is 0. The smallest absolute Gasteiger partial charge is 0.279 e. The second-order valence-corrected chi connectivity index (χ2v) is 4.95. The fraction of sp³-hybridized carbons (Fsp3) is 1.00. The van der Waals surface area contributed by atoms with Crippen molar-refractivity contribution in [3.05, 3.63) is 0 Å². The summed E-state index contributed by atoms with van der Waals surface area (Å²) in [6.45, 7) is 1.16. The monoisotopic (exact) mass is 224 g/mol. The molecule has 1 rings (SSSR count). The van der Waals surface area contributed by atoms with Crippen LogP contribution in [-0.2, 0) is 14.9 Å². The fourth-order valence-electron chi connectivity index (χ4n) is 1.29. The quantitative estimate of drug-likeness (QED) is 0.559. The van der Waals surface area contributed by atoms with Gasteiger partial charge in [-0.05, 0) is 6.42 Å². The van der Waals surface area contributed by atoms with Crippen molar-refractivity contribution >= 4 is 10.2 Å². The van der Waals surface area contributed by atoms with Crippen molar-refractivity contribution in [2.24, 2.45) is 0 Å². The van der Waals surface area contributed by atoms with Gasteiger partial charge >= 0.3 is 0 Å². The van der Waals surface area contributed by atoms with Gasteiger partial charge in [-0.1, -0.05) is 0 Å². The number of rotatable bonds is 5. The second-order valence-electron chi connectivity index (χ2n) is 3.19. The first-order valence-corrected chi connectivity index (χ1v) is 5.92. The molecule has 0 radical (unpaired) electrons. The van der Waals surface area contributed by atoms with E-state index in [0.29, 0.717) is 19.6 Å². The van der Waals surface area contributed by atoms with E-state index in [-0.39, 0.29) is 13.1 Å². The number of aliphatic hydroxyl groups excluding tert-OH is 1. The van der Waals surface area contributed by atoms with Gasteiger partial charge in [0.1, 0.15) is 0 Å². The molecule has 0 bridgehead atoms. The summed E-state index contributed by atoms with van der Waals surface area (Å²) < 4.78 is 31.4. The Balaban J connectivity index is 2.41. The minimum atomic E-state index is -3.42. The third-order valence-electron chi connectivity index (χ3n) is 2.06. The molecule has 84 valence electrons. The summed E-state index contributed by atoms with van der Waals surface area (Å²) in [5, 5.41) is 9.18. The van der Waals surface area contributed by atoms with E-state index >= 15 is 0 Å². The molecule has 0 amide bonds. The predicted molar refractivity (Wildman–Crippen MR) is 51.0 cm³/mol. The maximum atomic E-state index is 11.5. The fourth-order valence-corrected chi connectivity index (χ4v) is 2.53.